The molecule has 0 unspecified atom stereocenters. The molecule has 0 radical (unpaired) electrons. The van der Waals surface area contributed by atoms with E-state index in [2.05, 4.69) is 15.0 Å². The third kappa shape index (κ3) is 2.80. The molecule has 0 saturated heterocycles. The minimum atomic E-state index is -0.604. The average molecular weight is 267 g/mol. The highest BCUT2D eigenvalue weighted by atomic mass is 16.5. The fraction of sp³-hybridized carbons (Fsp3) is 0.545. The van der Waals surface area contributed by atoms with E-state index >= 15 is 0 Å². The van der Waals surface area contributed by atoms with Gasteiger partial charge >= 0.3 is 0 Å². The second kappa shape index (κ2) is 5.91. The van der Waals surface area contributed by atoms with E-state index in [1.54, 1.807) is 10.9 Å². The Morgan fingerprint density at radius 1 is 1.26 bits per heavy atom. The van der Waals surface area contributed by atoms with Crippen LogP contribution in [0.15, 0.2) is 12.7 Å². The summed E-state index contributed by atoms with van der Waals surface area (Å²) in [6, 6.07) is 0. The first-order valence-corrected chi connectivity index (χ1v) is 5.83. The molecule has 2 aromatic rings. The zero-order valence-corrected chi connectivity index (χ0v) is 10.9. The third-order valence-corrected chi connectivity index (χ3v) is 2.66. The number of hydrogen-bond donors (Lipinski definition) is 2. The molecule has 8 heteroatoms. The van der Waals surface area contributed by atoms with Crippen LogP contribution in [0.1, 0.15) is 0 Å². The summed E-state index contributed by atoms with van der Waals surface area (Å²) in [7, 11) is 3.76. The van der Waals surface area contributed by atoms with Crippen molar-refractivity contribution in [3.05, 3.63) is 12.7 Å². The predicted octanol–water partition coefficient (Wildman–Crippen LogP) is -0.780. The highest BCUT2D eigenvalue weighted by molar-refractivity contribution is 5.82. The van der Waals surface area contributed by atoms with Crippen LogP contribution < -0.4 is 4.90 Å². The molecule has 19 heavy (non-hydrogen) atoms. The highest BCUT2D eigenvalue weighted by Gasteiger charge is 2.12. The maximum atomic E-state index is 8.94. The molecule has 2 aromatic heterocycles. The first kappa shape index (κ1) is 13.7. The Labute approximate surface area is 110 Å². The van der Waals surface area contributed by atoms with E-state index < -0.39 is 6.10 Å². The minimum Gasteiger partial charge on any atom is -0.394 e. The molecule has 0 amide bonds. The van der Waals surface area contributed by atoms with Crippen LogP contribution in [0.2, 0.25) is 0 Å². The highest BCUT2D eigenvalue weighted by Crippen LogP contribution is 2.19. The molecular weight excluding hydrogens is 250 g/mol. The fourth-order valence-electron chi connectivity index (χ4n) is 1.64. The van der Waals surface area contributed by atoms with Crippen LogP contribution >= 0.6 is 0 Å². The molecule has 0 aliphatic heterocycles. The Kier molecular flexibility index (Phi) is 4.25. The van der Waals surface area contributed by atoms with E-state index in [-0.39, 0.29) is 19.9 Å². The van der Waals surface area contributed by atoms with Crippen LogP contribution in [0.3, 0.4) is 0 Å². The van der Waals surface area contributed by atoms with Crippen molar-refractivity contribution in [2.24, 2.45) is 0 Å². The van der Waals surface area contributed by atoms with Crippen LogP contribution in [-0.2, 0) is 11.5 Å². The van der Waals surface area contributed by atoms with Crippen LogP contribution in [0.25, 0.3) is 11.2 Å². The molecule has 2 rings (SSSR count). The SMILES string of the molecule is CN(C)c1ncnc2c1ncn2COC(CO)CO. The molecule has 0 fully saturated rings. The van der Waals surface area contributed by atoms with Gasteiger partial charge in [0, 0.05) is 14.1 Å². The van der Waals surface area contributed by atoms with Gasteiger partial charge in [-0.3, -0.25) is 4.57 Å². The minimum absolute atomic E-state index is 0.159. The predicted molar refractivity (Wildman–Crippen MR) is 68.7 cm³/mol. The van der Waals surface area contributed by atoms with Crippen LogP contribution in [0, 0.1) is 0 Å². The largest absolute Gasteiger partial charge is 0.394 e. The fourth-order valence-corrected chi connectivity index (χ4v) is 1.64. The second-order valence-electron chi connectivity index (χ2n) is 4.26. The molecular formula is C11H17N5O3. The molecule has 0 bridgehead atoms. The van der Waals surface area contributed by atoms with Gasteiger partial charge in [0.05, 0.1) is 19.5 Å². The Balaban J connectivity index is 2.23. The number of aliphatic hydroxyl groups excluding tert-OH is 2. The molecule has 2 heterocycles. The zero-order chi connectivity index (χ0) is 13.8. The normalized spacial score (nSPS) is 11.4. The van der Waals surface area contributed by atoms with Crippen molar-refractivity contribution in [2.75, 3.05) is 32.2 Å². The van der Waals surface area contributed by atoms with Crippen molar-refractivity contribution in [2.45, 2.75) is 12.8 Å². The van der Waals surface area contributed by atoms with Crippen molar-refractivity contribution in [1.29, 1.82) is 0 Å². The summed E-state index contributed by atoms with van der Waals surface area (Å²) in [5, 5.41) is 17.9. The van der Waals surface area contributed by atoms with Gasteiger partial charge in [0.25, 0.3) is 0 Å². The lowest BCUT2D eigenvalue weighted by Crippen LogP contribution is -2.23. The maximum Gasteiger partial charge on any atom is 0.167 e. The van der Waals surface area contributed by atoms with Crippen LogP contribution in [0.5, 0.6) is 0 Å². The number of rotatable bonds is 6. The molecule has 2 N–H and O–H groups in total. The van der Waals surface area contributed by atoms with Crippen molar-refractivity contribution >= 4 is 17.0 Å². The quantitative estimate of drug-likeness (QED) is 0.708. The number of anilines is 1. The van der Waals surface area contributed by atoms with E-state index in [0.717, 1.165) is 5.82 Å². The number of imidazole rings is 1. The topological polar surface area (TPSA) is 96.5 Å². The average Bonchev–Trinajstić information content (AvgIpc) is 2.83. The first-order valence-electron chi connectivity index (χ1n) is 5.83. The number of nitrogens with zero attached hydrogens (tertiary/aromatic N) is 5. The van der Waals surface area contributed by atoms with Gasteiger partial charge in [-0.05, 0) is 0 Å². The van der Waals surface area contributed by atoms with Crippen molar-refractivity contribution in [1.82, 2.24) is 19.5 Å². The van der Waals surface area contributed by atoms with Crippen molar-refractivity contribution in [3.63, 3.8) is 0 Å². The maximum absolute atomic E-state index is 8.94. The monoisotopic (exact) mass is 267 g/mol. The van der Waals surface area contributed by atoms with Crippen molar-refractivity contribution < 1.29 is 14.9 Å². The van der Waals surface area contributed by atoms with Gasteiger partial charge in [0.2, 0.25) is 0 Å². The molecule has 0 aromatic carbocycles. The summed E-state index contributed by atoms with van der Waals surface area (Å²) in [5.74, 6) is 0.726. The Morgan fingerprint density at radius 3 is 2.63 bits per heavy atom. The molecule has 0 saturated carbocycles. The van der Waals surface area contributed by atoms with E-state index in [4.69, 9.17) is 14.9 Å². The van der Waals surface area contributed by atoms with E-state index in [9.17, 15) is 0 Å². The molecule has 0 atom stereocenters. The van der Waals surface area contributed by atoms with Gasteiger partial charge in [-0.15, -0.1) is 0 Å². The standard InChI is InChI=1S/C11H17N5O3/c1-15(2)10-9-11(13-5-12-10)16(6-14-9)7-19-8(3-17)4-18/h5-6,8,17-18H,3-4,7H2,1-2H3. The Bertz CT molecular complexity index is 538. The van der Waals surface area contributed by atoms with Crippen molar-refractivity contribution in [3.8, 4) is 0 Å². The van der Waals surface area contributed by atoms with Crippen LogP contribution in [0.4, 0.5) is 5.82 Å². The lowest BCUT2D eigenvalue weighted by Gasteiger charge is -2.13. The summed E-state index contributed by atoms with van der Waals surface area (Å²) >= 11 is 0. The Morgan fingerprint density at radius 2 is 2.00 bits per heavy atom. The van der Waals surface area contributed by atoms with Gasteiger partial charge in [-0.2, -0.15) is 0 Å². The Hall–Kier alpha value is -1.77. The summed E-state index contributed by atoms with van der Waals surface area (Å²) in [6.45, 7) is -0.311. The van der Waals surface area contributed by atoms with E-state index in [0.29, 0.717) is 11.2 Å². The van der Waals surface area contributed by atoms with Gasteiger partial charge in [-0.1, -0.05) is 0 Å². The van der Waals surface area contributed by atoms with E-state index in [1.165, 1.54) is 6.33 Å². The van der Waals surface area contributed by atoms with Gasteiger partial charge in [0.15, 0.2) is 17.0 Å². The molecule has 0 aliphatic carbocycles. The van der Waals surface area contributed by atoms with E-state index in [1.807, 2.05) is 19.0 Å². The number of fused-ring (bicyclic) bond motifs is 1. The molecule has 0 aliphatic rings. The molecule has 0 spiro atoms. The zero-order valence-electron chi connectivity index (χ0n) is 10.9. The van der Waals surface area contributed by atoms with Crippen LogP contribution in [-0.4, -0.2) is 63.1 Å². The summed E-state index contributed by atoms with van der Waals surface area (Å²) in [4.78, 5) is 14.5. The lowest BCUT2D eigenvalue weighted by atomic mass is 10.4. The second-order valence-corrected chi connectivity index (χ2v) is 4.26. The lowest BCUT2D eigenvalue weighted by molar-refractivity contribution is -0.0488. The van der Waals surface area contributed by atoms with Gasteiger partial charge < -0.3 is 19.8 Å². The summed E-state index contributed by atoms with van der Waals surface area (Å²) < 4.78 is 7.04. The van der Waals surface area contributed by atoms with Gasteiger partial charge in [0.1, 0.15) is 19.2 Å². The molecule has 104 valence electrons. The summed E-state index contributed by atoms with van der Waals surface area (Å²) in [5.41, 5.74) is 1.33. The van der Waals surface area contributed by atoms with Gasteiger partial charge in [-0.25, -0.2) is 15.0 Å². The smallest absolute Gasteiger partial charge is 0.167 e. The number of aromatic nitrogens is 4. The molecule has 8 nitrogen and oxygen atoms in total. The number of ether oxygens (including phenoxy) is 1. The first-order chi connectivity index (χ1) is 9.17. The summed E-state index contributed by atoms with van der Waals surface area (Å²) in [6.07, 6.45) is 2.46. The third-order valence-electron chi connectivity index (χ3n) is 2.66. The number of hydrogen-bond acceptors (Lipinski definition) is 7. The number of aliphatic hydroxyl groups is 2.